The topological polar surface area (TPSA) is 90.8 Å². The second-order valence-electron chi connectivity index (χ2n) is 5.70. The summed E-state index contributed by atoms with van der Waals surface area (Å²) in [6.45, 7) is -0.297. The van der Waals surface area contributed by atoms with Gasteiger partial charge in [0.25, 0.3) is 11.8 Å². The van der Waals surface area contributed by atoms with Crippen molar-refractivity contribution in [3.8, 4) is 5.75 Å². The van der Waals surface area contributed by atoms with Gasteiger partial charge in [-0.05, 0) is 41.1 Å². The summed E-state index contributed by atoms with van der Waals surface area (Å²) in [7, 11) is 0. The van der Waals surface area contributed by atoms with Crippen molar-refractivity contribution in [1.29, 1.82) is 0 Å². The molecule has 0 aliphatic carbocycles. The number of fused-ring (bicyclic) bond motifs is 1. The van der Waals surface area contributed by atoms with Gasteiger partial charge in [-0.15, -0.1) is 0 Å². The number of nitrogens with one attached hydrogen (secondary N) is 2. The molecular weight excluding hydrogens is 349 g/mol. The highest BCUT2D eigenvalue weighted by Gasteiger charge is 2.08. The largest absolute Gasteiger partial charge is 0.507 e. The summed E-state index contributed by atoms with van der Waals surface area (Å²) >= 11 is 0. The van der Waals surface area contributed by atoms with E-state index in [-0.39, 0.29) is 17.9 Å². The number of amides is 2. The molecule has 0 saturated carbocycles. The summed E-state index contributed by atoms with van der Waals surface area (Å²) in [5.74, 6) is -1.45. The van der Waals surface area contributed by atoms with E-state index in [1.807, 2.05) is 24.3 Å². The number of rotatable bonds is 5. The number of hydrogen-bond acceptors (Lipinski definition) is 4. The molecule has 0 fully saturated rings. The molecule has 3 aromatic carbocycles. The number of carbonyl (C=O) groups is 2. The van der Waals surface area contributed by atoms with Gasteiger partial charge < -0.3 is 10.4 Å². The third-order valence-electron chi connectivity index (χ3n) is 3.85. The van der Waals surface area contributed by atoms with Gasteiger partial charge in [0.05, 0.1) is 12.8 Å². The summed E-state index contributed by atoms with van der Waals surface area (Å²) in [6.07, 6.45) is 1.34. The molecule has 0 radical (unpaired) electrons. The molecule has 0 aliphatic heterocycles. The molecule has 7 heteroatoms. The van der Waals surface area contributed by atoms with Crippen molar-refractivity contribution in [3.05, 3.63) is 77.6 Å². The van der Waals surface area contributed by atoms with Crippen LogP contribution in [0.4, 0.5) is 4.39 Å². The molecule has 136 valence electrons. The minimum Gasteiger partial charge on any atom is -0.507 e. The first-order valence-corrected chi connectivity index (χ1v) is 8.11. The maximum atomic E-state index is 12.8. The molecule has 27 heavy (non-hydrogen) atoms. The fourth-order valence-electron chi connectivity index (χ4n) is 2.49. The number of benzene rings is 3. The van der Waals surface area contributed by atoms with Crippen molar-refractivity contribution in [2.45, 2.75) is 0 Å². The summed E-state index contributed by atoms with van der Waals surface area (Å²) in [4.78, 5) is 23.7. The number of phenols is 1. The van der Waals surface area contributed by atoms with Crippen LogP contribution < -0.4 is 10.7 Å². The van der Waals surface area contributed by atoms with E-state index in [0.717, 1.165) is 22.9 Å². The van der Waals surface area contributed by atoms with E-state index in [9.17, 15) is 19.1 Å². The predicted octanol–water partition coefficient (Wildman–Crippen LogP) is 2.56. The van der Waals surface area contributed by atoms with Gasteiger partial charge in [0, 0.05) is 11.1 Å². The third-order valence-corrected chi connectivity index (χ3v) is 3.85. The van der Waals surface area contributed by atoms with Crippen molar-refractivity contribution < 1.29 is 19.1 Å². The lowest BCUT2D eigenvalue weighted by Crippen LogP contribution is -2.34. The van der Waals surface area contributed by atoms with Gasteiger partial charge in [-0.25, -0.2) is 9.82 Å². The number of halogens is 1. The molecule has 3 aromatic rings. The van der Waals surface area contributed by atoms with E-state index in [1.165, 1.54) is 18.3 Å². The Balaban J connectivity index is 1.59. The first-order valence-electron chi connectivity index (χ1n) is 8.11. The zero-order chi connectivity index (χ0) is 19.2. The number of carbonyl (C=O) groups excluding carboxylic acids is 2. The molecule has 0 aliphatic rings. The van der Waals surface area contributed by atoms with Gasteiger partial charge in [-0.1, -0.05) is 30.3 Å². The smallest absolute Gasteiger partial charge is 0.259 e. The lowest BCUT2D eigenvalue weighted by atomic mass is 10.0. The maximum absolute atomic E-state index is 12.8. The zero-order valence-corrected chi connectivity index (χ0v) is 14.1. The van der Waals surface area contributed by atoms with E-state index in [2.05, 4.69) is 15.8 Å². The fraction of sp³-hybridized carbons (Fsp3) is 0.0500. The van der Waals surface area contributed by atoms with E-state index in [1.54, 1.807) is 12.1 Å². The number of hydrogen-bond donors (Lipinski definition) is 3. The first-order chi connectivity index (χ1) is 13.0. The number of hydrazone groups is 1. The maximum Gasteiger partial charge on any atom is 0.259 e. The SMILES string of the molecule is O=C(CNC(=O)c1ccc(F)cc1)NN=Cc1c(O)ccc2ccccc12. The van der Waals surface area contributed by atoms with E-state index < -0.39 is 17.6 Å². The van der Waals surface area contributed by atoms with Crippen LogP contribution in [-0.2, 0) is 4.79 Å². The van der Waals surface area contributed by atoms with Gasteiger partial charge in [0.1, 0.15) is 11.6 Å². The lowest BCUT2D eigenvalue weighted by molar-refractivity contribution is -0.120. The van der Waals surface area contributed by atoms with Gasteiger partial charge >= 0.3 is 0 Å². The molecule has 0 aromatic heterocycles. The zero-order valence-electron chi connectivity index (χ0n) is 14.1. The van der Waals surface area contributed by atoms with Crippen LogP contribution in [0.15, 0.2) is 65.8 Å². The first kappa shape index (κ1) is 18.1. The van der Waals surface area contributed by atoms with Crippen LogP contribution in [0, 0.1) is 5.82 Å². The summed E-state index contributed by atoms with van der Waals surface area (Å²) in [5, 5.41) is 18.0. The monoisotopic (exact) mass is 365 g/mol. The molecule has 0 atom stereocenters. The highest BCUT2D eigenvalue weighted by atomic mass is 19.1. The highest BCUT2D eigenvalue weighted by Crippen LogP contribution is 2.25. The van der Waals surface area contributed by atoms with Gasteiger partial charge in [0.15, 0.2) is 0 Å². The third kappa shape index (κ3) is 4.46. The van der Waals surface area contributed by atoms with E-state index >= 15 is 0 Å². The molecule has 2 amide bonds. The van der Waals surface area contributed by atoms with E-state index in [4.69, 9.17) is 0 Å². The Morgan fingerprint density at radius 3 is 2.56 bits per heavy atom. The Labute approximate surface area is 154 Å². The molecule has 3 rings (SSSR count). The quantitative estimate of drug-likeness (QED) is 0.479. The second kappa shape index (κ2) is 8.09. The normalized spacial score (nSPS) is 10.9. The van der Waals surface area contributed by atoms with Crippen LogP contribution in [0.25, 0.3) is 10.8 Å². The molecule has 0 saturated heterocycles. The minimum atomic E-state index is -0.540. The average molecular weight is 365 g/mol. The Morgan fingerprint density at radius 1 is 1.04 bits per heavy atom. The average Bonchev–Trinajstić information content (AvgIpc) is 2.68. The Hall–Kier alpha value is -3.74. The Kier molecular flexibility index (Phi) is 5.41. The van der Waals surface area contributed by atoms with Gasteiger partial charge in [-0.2, -0.15) is 5.10 Å². The van der Waals surface area contributed by atoms with Crippen LogP contribution in [0.2, 0.25) is 0 Å². The molecule has 6 nitrogen and oxygen atoms in total. The highest BCUT2D eigenvalue weighted by molar-refractivity contribution is 6.02. The Morgan fingerprint density at radius 2 is 1.78 bits per heavy atom. The molecular formula is C20H16FN3O3. The summed E-state index contributed by atoms with van der Waals surface area (Å²) in [6, 6.07) is 15.8. The molecule has 0 spiro atoms. The number of aromatic hydroxyl groups is 1. The molecule has 0 unspecified atom stereocenters. The standard InChI is InChI=1S/C20H16FN3O3/c21-15-8-5-14(6-9-15)20(27)22-12-19(26)24-23-11-17-16-4-2-1-3-13(16)7-10-18(17)25/h1-11,25H,12H2,(H,22,27)(H,24,26). The van der Waals surface area contributed by atoms with Crippen molar-refractivity contribution in [2.24, 2.45) is 5.10 Å². The number of nitrogens with zero attached hydrogens (tertiary/aromatic N) is 1. The molecule has 0 bridgehead atoms. The second-order valence-corrected chi connectivity index (χ2v) is 5.70. The van der Waals surface area contributed by atoms with Gasteiger partial charge in [-0.3, -0.25) is 9.59 Å². The predicted molar refractivity (Wildman–Crippen MR) is 100 cm³/mol. The molecule has 3 N–H and O–H groups in total. The van der Waals surface area contributed by atoms with Crippen LogP contribution in [0.3, 0.4) is 0 Å². The van der Waals surface area contributed by atoms with Crippen LogP contribution >= 0.6 is 0 Å². The van der Waals surface area contributed by atoms with Crippen LogP contribution in [-0.4, -0.2) is 29.7 Å². The lowest BCUT2D eigenvalue weighted by Gasteiger charge is -2.06. The Bertz CT molecular complexity index is 1020. The molecule has 0 heterocycles. The number of phenolic OH excluding ortho intramolecular Hbond substituents is 1. The minimum absolute atomic E-state index is 0.0383. The van der Waals surface area contributed by atoms with E-state index in [0.29, 0.717) is 5.56 Å². The van der Waals surface area contributed by atoms with Crippen molar-refractivity contribution in [2.75, 3.05) is 6.54 Å². The van der Waals surface area contributed by atoms with Crippen LogP contribution in [0.1, 0.15) is 15.9 Å². The fourth-order valence-corrected chi connectivity index (χ4v) is 2.49. The summed E-state index contributed by atoms with van der Waals surface area (Å²) < 4.78 is 12.8. The van der Waals surface area contributed by atoms with Crippen LogP contribution in [0.5, 0.6) is 5.75 Å². The van der Waals surface area contributed by atoms with Gasteiger partial charge in [0.2, 0.25) is 0 Å². The summed E-state index contributed by atoms with van der Waals surface area (Å²) in [5.41, 5.74) is 3.00. The van der Waals surface area contributed by atoms with Crippen molar-refractivity contribution >= 4 is 28.8 Å². The van der Waals surface area contributed by atoms with Crippen molar-refractivity contribution in [3.63, 3.8) is 0 Å². The van der Waals surface area contributed by atoms with Crippen molar-refractivity contribution in [1.82, 2.24) is 10.7 Å².